The average Bonchev–Trinajstić information content (AvgIpc) is 3.03. The molecule has 12 fully saturated rings. The first-order valence-corrected chi connectivity index (χ1v) is 26.4. The minimum atomic E-state index is -4.87. The molecule has 12 saturated carbocycles. The second-order valence-corrected chi connectivity index (χ2v) is 26.5. The Labute approximate surface area is 356 Å². The second-order valence-electron chi connectivity index (χ2n) is 20.3. The van der Waals surface area contributed by atoms with E-state index in [1.165, 1.54) is 82.6 Å². The summed E-state index contributed by atoms with van der Waals surface area (Å²) in [4.78, 5) is 0.0376. The Morgan fingerprint density at radius 2 is 0.849 bits per heavy atom. The molecule has 0 radical (unpaired) electrons. The van der Waals surface area contributed by atoms with Crippen LogP contribution in [0.2, 0.25) is 0 Å². The smallest absolute Gasteiger partial charge is 0.339 e. The summed E-state index contributed by atoms with van der Waals surface area (Å²) < 4.78 is 76.2. The van der Waals surface area contributed by atoms with Gasteiger partial charge < -0.3 is 8.74 Å². The van der Waals surface area contributed by atoms with E-state index >= 15 is 8.42 Å². The van der Waals surface area contributed by atoms with Crippen LogP contribution in [-0.4, -0.2) is 21.4 Å². The van der Waals surface area contributed by atoms with Crippen molar-refractivity contribution in [2.75, 3.05) is 0 Å². The number of hydrogen-bond donors (Lipinski definition) is 0. The van der Waals surface area contributed by atoms with Gasteiger partial charge in [-0.3, -0.25) is 0 Å². The van der Waals surface area contributed by atoms with E-state index in [4.69, 9.17) is 4.18 Å². The van der Waals surface area contributed by atoms with Crippen molar-refractivity contribution in [3.05, 3.63) is 45.6 Å². The summed E-state index contributed by atoms with van der Waals surface area (Å²) in [6.07, 6.45) is 21.9. The number of hydrogen-bond acceptors (Lipinski definition) is 6. The van der Waals surface area contributed by atoms with Gasteiger partial charge >= 0.3 is 10.1 Å². The van der Waals surface area contributed by atoms with Gasteiger partial charge in [0.1, 0.15) is 15.0 Å². The first kappa shape index (κ1) is 36.4. The van der Waals surface area contributed by atoms with Gasteiger partial charge in [0.05, 0.1) is 12.0 Å². The molecule has 6 nitrogen and oxygen atoms in total. The van der Waals surface area contributed by atoms with Crippen molar-refractivity contribution < 1.29 is 25.6 Å². The van der Waals surface area contributed by atoms with Crippen molar-refractivity contribution in [1.82, 2.24) is 0 Å². The van der Waals surface area contributed by atoms with Crippen molar-refractivity contribution in [3.63, 3.8) is 0 Å². The molecule has 12 bridgehead atoms. The molecule has 53 heavy (non-hydrogen) atoms. The van der Waals surface area contributed by atoms with E-state index in [1.54, 1.807) is 6.07 Å². The highest BCUT2D eigenvalue weighted by Gasteiger charge is 2.59. The predicted octanol–water partition coefficient (Wildman–Crippen LogP) is 10.6. The van der Waals surface area contributed by atoms with Crippen LogP contribution in [0.25, 0.3) is 0 Å². The Bertz CT molecular complexity index is 1990. The van der Waals surface area contributed by atoms with Gasteiger partial charge in [0, 0.05) is 3.57 Å². The standard InChI is InChI=1S/C42H49I3O6S2/c43-34-12-35(44)39(52(46,47)48)36(45)37(34)51-53(49,50)38-32(41-16-25-4-26(17-41)6-27(5-25)18-41)10-31(40-13-22-1-23(14-40)3-24(2-22)15-40)11-33(38)42-19-28-7-29(20-42)9-30(8-28)21-42/h10-12,22-30H,1-9,13-21H2,(H,46,47,48)/p-1. The van der Waals surface area contributed by atoms with E-state index in [0.29, 0.717) is 44.0 Å². The van der Waals surface area contributed by atoms with Gasteiger partial charge in [-0.15, -0.1) is 0 Å². The Morgan fingerprint density at radius 3 is 1.19 bits per heavy atom. The zero-order valence-electron chi connectivity index (χ0n) is 30.1. The lowest BCUT2D eigenvalue weighted by Crippen LogP contribution is -2.52. The lowest BCUT2D eigenvalue weighted by molar-refractivity contribution is -0.0138. The number of rotatable bonds is 7. The van der Waals surface area contributed by atoms with Crippen molar-refractivity contribution in [2.45, 2.75) is 142 Å². The molecule has 286 valence electrons. The predicted molar refractivity (Wildman–Crippen MR) is 226 cm³/mol. The molecule has 11 heteroatoms. The van der Waals surface area contributed by atoms with Crippen LogP contribution in [-0.2, 0) is 36.5 Å². The van der Waals surface area contributed by atoms with Gasteiger partial charge in [0.15, 0.2) is 5.75 Å². The fourth-order valence-corrected chi connectivity index (χ4v) is 24.0. The molecule has 0 heterocycles. The van der Waals surface area contributed by atoms with Crippen LogP contribution in [0.1, 0.15) is 132 Å². The van der Waals surface area contributed by atoms with Crippen molar-refractivity contribution in [1.29, 1.82) is 0 Å². The molecule has 0 unspecified atom stereocenters. The monoisotopic (exact) mass is 1090 g/mol. The zero-order valence-corrected chi connectivity index (χ0v) is 38.2. The van der Waals surface area contributed by atoms with E-state index in [2.05, 4.69) is 12.1 Å². The molecule has 0 aliphatic heterocycles. The maximum absolute atomic E-state index is 15.7. The largest absolute Gasteiger partial charge is 0.744 e. The minimum Gasteiger partial charge on any atom is -0.744 e. The van der Waals surface area contributed by atoms with Gasteiger partial charge in [-0.2, -0.15) is 8.42 Å². The molecule has 0 N–H and O–H groups in total. The van der Waals surface area contributed by atoms with Crippen LogP contribution in [0, 0.1) is 64.0 Å². The van der Waals surface area contributed by atoms with Crippen LogP contribution in [0.3, 0.4) is 0 Å². The fourth-order valence-electron chi connectivity index (χ4n) is 16.3. The Morgan fingerprint density at radius 1 is 0.509 bits per heavy atom. The summed E-state index contributed by atoms with van der Waals surface area (Å²) in [5.74, 6) is 6.21. The molecule has 14 rings (SSSR count). The highest BCUT2D eigenvalue weighted by Crippen LogP contribution is 2.67. The van der Waals surface area contributed by atoms with Crippen LogP contribution in [0.4, 0.5) is 0 Å². The highest BCUT2D eigenvalue weighted by atomic mass is 127. The quantitative estimate of drug-likeness (QED) is 0.156. The molecule has 12 aliphatic carbocycles. The van der Waals surface area contributed by atoms with Crippen molar-refractivity contribution >= 4 is 88.0 Å². The zero-order chi connectivity index (χ0) is 36.4. The van der Waals surface area contributed by atoms with E-state index in [9.17, 15) is 13.0 Å². The molecule has 0 amide bonds. The highest BCUT2D eigenvalue weighted by molar-refractivity contribution is 14.1. The molecular formula is C42H48I3O6S2-. The molecule has 2 aromatic carbocycles. The summed E-state index contributed by atoms with van der Waals surface area (Å²) in [5, 5.41) is 0. The molecule has 0 atom stereocenters. The minimum absolute atomic E-state index is 0.0286. The number of halogens is 3. The van der Waals surface area contributed by atoms with Crippen LogP contribution < -0.4 is 4.18 Å². The number of benzene rings is 2. The van der Waals surface area contributed by atoms with Crippen molar-refractivity contribution in [3.8, 4) is 5.75 Å². The third-order valence-electron chi connectivity index (χ3n) is 16.7. The Hall–Kier alpha value is 0.290. The van der Waals surface area contributed by atoms with Crippen LogP contribution in [0.5, 0.6) is 5.75 Å². The summed E-state index contributed by atoms with van der Waals surface area (Å²) in [5.41, 5.74) is 3.32. The second kappa shape index (κ2) is 12.2. The maximum Gasteiger partial charge on any atom is 0.339 e. The third-order valence-corrected chi connectivity index (χ3v) is 22.4. The summed E-state index contributed by atoms with van der Waals surface area (Å²) in [6, 6.07) is 6.48. The summed E-state index contributed by atoms with van der Waals surface area (Å²) >= 11 is 5.72. The van der Waals surface area contributed by atoms with E-state index in [-0.39, 0.29) is 29.1 Å². The van der Waals surface area contributed by atoms with E-state index in [0.717, 1.165) is 67.4 Å². The van der Waals surface area contributed by atoms with Gasteiger partial charge in [-0.25, -0.2) is 8.42 Å². The third kappa shape index (κ3) is 5.70. The molecule has 0 saturated heterocycles. The summed E-state index contributed by atoms with van der Waals surface area (Å²) in [7, 11) is -9.34. The Balaban J connectivity index is 1.17. The van der Waals surface area contributed by atoms with Crippen molar-refractivity contribution in [2.24, 2.45) is 53.3 Å². The maximum atomic E-state index is 15.7. The first-order chi connectivity index (χ1) is 25.1. The summed E-state index contributed by atoms with van der Waals surface area (Å²) in [6.45, 7) is 0. The van der Waals surface area contributed by atoms with E-state index < -0.39 is 25.1 Å². The van der Waals surface area contributed by atoms with Gasteiger partial charge in [-0.05, 0) is 276 Å². The van der Waals surface area contributed by atoms with E-state index in [1.807, 2.05) is 67.8 Å². The van der Waals surface area contributed by atoms with Gasteiger partial charge in [0.2, 0.25) is 0 Å². The average molecular weight is 1090 g/mol. The lowest BCUT2D eigenvalue weighted by Gasteiger charge is -2.60. The van der Waals surface area contributed by atoms with Gasteiger partial charge in [-0.1, -0.05) is 12.1 Å². The molecule has 2 aromatic rings. The SMILES string of the molecule is O=S(=O)([O-])c1c(I)cc(I)c(OS(=O)(=O)c2c(C34CC5CC(CC(C5)C3)C4)cc(C34CC5CC(CC(C5)C3)C4)cc2C23CC4CC(CC(C4)C2)C3)c1I. The Kier molecular flexibility index (Phi) is 8.36. The van der Waals surface area contributed by atoms with Gasteiger partial charge in [0.25, 0.3) is 0 Å². The fraction of sp³-hybridized carbons (Fsp3) is 0.714. The molecular weight excluding hydrogens is 1050 g/mol. The first-order valence-electron chi connectivity index (χ1n) is 20.4. The molecule has 12 aliphatic rings. The van der Waals surface area contributed by atoms with Crippen LogP contribution >= 0.6 is 67.8 Å². The molecule has 0 aromatic heterocycles. The van der Waals surface area contributed by atoms with Crippen LogP contribution in [0.15, 0.2) is 28.0 Å². The normalized spacial score (nSPS) is 43.2. The molecule has 0 spiro atoms. The topological polar surface area (TPSA) is 101 Å². The lowest BCUT2D eigenvalue weighted by atomic mass is 9.45.